The largest absolute Gasteiger partial charge is 0.191 e. The first kappa shape index (κ1) is 21.5. The zero-order valence-corrected chi connectivity index (χ0v) is 18.6. The van der Waals surface area contributed by atoms with E-state index in [0.29, 0.717) is 0 Å². The Morgan fingerprint density at radius 2 is 1.06 bits per heavy atom. The summed E-state index contributed by atoms with van der Waals surface area (Å²) in [5, 5.41) is 0. The van der Waals surface area contributed by atoms with Gasteiger partial charge in [0.2, 0.25) is 0 Å². The van der Waals surface area contributed by atoms with Gasteiger partial charge < -0.3 is 0 Å². The molecule has 0 spiro atoms. The molecule has 0 saturated carbocycles. The van der Waals surface area contributed by atoms with E-state index in [0.717, 1.165) is 0 Å². The van der Waals surface area contributed by atoms with Gasteiger partial charge in [0, 0.05) is 65.4 Å². The fourth-order valence-corrected chi connectivity index (χ4v) is 1.64. The second-order valence-corrected chi connectivity index (χ2v) is 6.05. The van der Waals surface area contributed by atoms with Crippen molar-refractivity contribution in [1.82, 2.24) is 0 Å². The maximum Gasteiger partial charge on any atom is 0 e. The Bertz CT molecular complexity index is 334. The minimum absolute atomic E-state index is 0. The van der Waals surface area contributed by atoms with Gasteiger partial charge in [0.15, 0.2) is 0 Å². The summed E-state index contributed by atoms with van der Waals surface area (Å²) < 4.78 is 0. The van der Waals surface area contributed by atoms with Crippen LogP contribution in [0.1, 0.15) is 65.2 Å². The number of benzene rings is 1. The smallest absolute Gasteiger partial charge is 0 e. The number of hydrogen-bond acceptors (Lipinski definition) is 0. The molecule has 0 fully saturated rings. The van der Waals surface area contributed by atoms with E-state index in [2.05, 4.69) is 66.7 Å². The molecule has 2 heteroatoms. The molecule has 0 amide bonds. The minimum atomic E-state index is 0. The first-order chi connectivity index (χ1) is 7.21. The van der Waals surface area contributed by atoms with Gasteiger partial charge >= 0.3 is 0 Å². The van der Waals surface area contributed by atoms with E-state index >= 15 is 0 Å². The quantitative estimate of drug-likeness (QED) is 0.626. The fraction of sp³-hybridized carbons (Fsp3) is 0.500. The second-order valence-electron chi connectivity index (χ2n) is 6.05. The number of rotatable bonds is 2. The van der Waals surface area contributed by atoms with E-state index in [1.54, 1.807) is 0 Å². The van der Waals surface area contributed by atoms with Crippen molar-refractivity contribution in [2.45, 2.75) is 53.9 Å². The van der Waals surface area contributed by atoms with Crippen LogP contribution in [0.2, 0.25) is 0 Å². The molecule has 0 N–H and O–H groups in total. The van der Waals surface area contributed by atoms with E-state index < -0.39 is 0 Å². The van der Waals surface area contributed by atoms with E-state index in [9.17, 15) is 0 Å². The predicted molar refractivity (Wildman–Crippen MR) is 72.5 cm³/mol. The zero-order chi connectivity index (χ0) is 12.5. The summed E-state index contributed by atoms with van der Waals surface area (Å²) >= 11 is 0. The Morgan fingerprint density at radius 1 is 0.722 bits per heavy atom. The molecule has 0 nitrogen and oxygen atoms in total. The molecule has 0 aromatic heterocycles. The van der Waals surface area contributed by atoms with Gasteiger partial charge in [-0.05, 0) is 5.41 Å². The van der Waals surface area contributed by atoms with Gasteiger partial charge in [0.1, 0.15) is 0 Å². The van der Waals surface area contributed by atoms with Crippen LogP contribution in [-0.4, -0.2) is 0 Å². The summed E-state index contributed by atoms with van der Waals surface area (Å²) in [6.07, 6.45) is 0. The summed E-state index contributed by atoms with van der Waals surface area (Å²) in [6, 6.07) is 6.93. The first-order valence-corrected chi connectivity index (χ1v) is 5.98. The molecule has 0 aliphatic carbocycles. The maximum atomic E-state index is 2.32. The monoisotopic (exact) mass is 394 g/mol. The van der Waals surface area contributed by atoms with Crippen LogP contribution < -0.4 is 0 Å². The van der Waals surface area contributed by atoms with Crippen molar-refractivity contribution in [2.75, 3.05) is 0 Å². The van der Waals surface area contributed by atoms with Crippen molar-refractivity contribution >= 4 is 0 Å². The Morgan fingerprint density at radius 3 is 1.28 bits per heavy atom. The molecule has 0 unspecified atom stereocenters. The standard InChI is InChI=1S/C16H24.2Y/c1-11(2)13-8-14(12(3)4)10-15(9-13)16(5,6)7;;/h8-10H,1-7H3;;/q-2;;. The Balaban J connectivity index is 0. The number of hydrogen-bond donors (Lipinski definition) is 0. The fourth-order valence-electron chi connectivity index (χ4n) is 1.64. The molecule has 1 aromatic rings. The van der Waals surface area contributed by atoms with Gasteiger partial charge in [-0.15, -0.1) is 0 Å². The van der Waals surface area contributed by atoms with Crippen LogP contribution in [0.25, 0.3) is 0 Å². The molecular formula is C16H24Y2-2. The topological polar surface area (TPSA) is 0 Å². The zero-order valence-electron chi connectivity index (χ0n) is 12.9. The van der Waals surface area contributed by atoms with E-state index in [4.69, 9.17) is 0 Å². The van der Waals surface area contributed by atoms with Gasteiger partial charge in [0.05, 0.1) is 0 Å². The summed E-state index contributed by atoms with van der Waals surface area (Å²) in [5.74, 6) is 2.77. The van der Waals surface area contributed by atoms with E-state index in [-0.39, 0.29) is 70.8 Å². The predicted octanol–water partition coefficient (Wildman–Crippen LogP) is 4.90. The first-order valence-electron chi connectivity index (χ1n) is 5.98. The average molecular weight is 394 g/mol. The summed E-state index contributed by atoms with van der Waals surface area (Å²) in [7, 11) is 0. The molecule has 96 valence electrons. The van der Waals surface area contributed by atoms with Crippen molar-refractivity contribution in [3.63, 3.8) is 0 Å². The van der Waals surface area contributed by atoms with Gasteiger partial charge in [-0.2, -0.15) is 46.7 Å². The van der Waals surface area contributed by atoms with Gasteiger partial charge in [-0.25, -0.2) is 0 Å². The van der Waals surface area contributed by atoms with Crippen molar-refractivity contribution < 1.29 is 65.4 Å². The maximum absolute atomic E-state index is 2.32. The Labute approximate surface area is 164 Å². The molecule has 0 saturated heterocycles. The molecule has 0 bridgehead atoms. The average Bonchev–Trinajstić information content (AvgIpc) is 2.15. The third kappa shape index (κ3) is 6.08. The molecule has 1 aromatic carbocycles. The third-order valence-corrected chi connectivity index (χ3v) is 2.95. The SMILES string of the molecule is C[C-](C)c1cc([C-](C)C)cc(C(C)(C)C)c1.[Y].[Y]. The van der Waals surface area contributed by atoms with Gasteiger partial charge in [0.25, 0.3) is 0 Å². The second kappa shape index (κ2) is 8.45. The summed E-state index contributed by atoms with van der Waals surface area (Å²) in [5.41, 5.74) is 4.37. The van der Waals surface area contributed by atoms with Crippen LogP contribution in [0.4, 0.5) is 0 Å². The molecule has 0 heterocycles. The van der Waals surface area contributed by atoms with Crippen molar-refractivity contribution in [3.8, 4) is 0 Å². The van der Waals surface area contributed by atoms with Gasteiger partial charge in [-0.1, -0.05) is 48.5 Å². The van der Waals surface area contributed by atoms with Crippen molar-refractivity contribution in [2.24, 2.45) is 0 Å². The Hall–Kier alpha value is 1.17. The summed E-state index contributed by atoms with van der Waals surface area (Å²) in [6.45, 7) is 15.5. The van der Waals surface area contributed by atoms with Gasteiger partial charge in [-0.3, -0.25) is 0 Å². The molecule has 18 heavy (non-hydrogen) atoms. The minimum Gasteiger partial charge on any atom is -0.191 e. The third-order valence-electron chi connectivity index (χ3n) is 2.95. The molecule has 0 atom stereocenters. The molecule has 2 radical (unpaired) electrons. The molecular weight excluding hydrogens is 370 g/mol. The molecule has 0 aliphatic rings. The van der Waals surface area contributed by atoms with E-state index in [1.165, 1.54) is 28.5 Å². The molecule has 0 aliphatic heterocycles. The summed E-state index contributed by atoms with van der Waals surface area (Å²) in [4.78, 5) is 0. The normalized spacial score (nSPS) is 10.2. The van der Waals surface area contributed by atoms with Crippen LogP contribution in [0.15, 0.2) is 18.2 Å². The Kier molecular flexibility index (Phi) is 10.1. The van der Waals surface area contributed by atoms with E-state index in [1.807, 2.05) is 0 Å². The molecule has 1 rings (SSSR count). The van der Waals surface area contributed by atoms with Crippen LogP contribution >= 0.6 is 0 Å². The van der Waals surface area contributed by atoms with Crippen LogP contribution in [0.3, 0.4) is 0 Å². The van der Waals surface area contributed by atoms with Crippen LogP contribution in [-0.2, 0) is 70.8 Å². The van der Waals surface area contributed by atoms with Crippen molar-refractivity contribution in [3.05, 3.63) is 46.7 Å². The van der Waals surface area contributed by atoms with Crippen LogP contribution in [0.5, 0.6) is 0 Å². The van der Waals surface area contributed by atoms with Crippen LogP contribution in [0, 0.1) is 11.8 Å². The van der Waals surface area contributed by atoms with Crippen molar-refractivity contribution in [1.29, 1.82) is 0 Å².